The van der Waals surface area contributed by atoms with Crippen LogP contribution in [0.4, 0.5) is 5.95 Å². The summed E-state index contributed by atoms with van der Waals surface area (Å²) in [5, 5.41) is 4.15. The predicted octanol–water partition coefficient (Wildman–Crippen LogP) is 3.51. The molecule has 1 aromatic carbocycles. The average molecular weight is 311 g/mol. The normalized spacial score (nSPS) is 10.3. The van der Waals surface area contributed by atoms with Crippen LogP contribution in [-0.4, -0.2) is 28.6 Å². The van der Waals surface area contributed by atoms with Crippen molar-refractivity contribution in [2.75, 3.05) is 19.0 Å². The van der Waals surface area contributed by atoms with E-state index < -0.39 is 0 Å². The van der Waals surface area contributed by atoms with Gasteiger partial charge in [-0.15, -0.1) is 0 Å². The molecular formula is C13H15ClN4OS. The van der Waals surface area contributed by atoms with Gasteiger partial charge in [-0.05, 0) is 36.4 Å². The number of nitrogens with one attached hydrogen (secondary N) is 1. The lowest BCUT2D eigenvalue weighted by Gasteiger charge is -2.07. The Morgan fingerprint density at radius 2 is 2.15 bits per heavy atom. The molecule has 0 saturated heterocycles. The third-order valence-corrected chi connectivity index (χ3v) is 3.35. The van der Waals surface area contributed by atoms with E-state index in [9.17, 15) is 0 Å². The van der Waals surface area contributed by atoms with Gasteiger partial charge < -0.3 is 10.1 Å². The molecule has 1 aromatic heterocycles. The van der Waals surface area contributed by atoms with E-state index in [1.54, 1.807) is 7.05 Å². The van der Waals surface area contributed by atoms with Gasteiger partial charge in [-0.1, -0.05) is 24.6 Å². The van der Waals surface area contributed by atoms with Gasteiger partial charge in [0.2, 0.25) is 11.1 Å². The van der Waals surface area contributed by atoms with Crippen LogP contribution in [0.3, 0.4) is 0 Å². The Morgan fingerprint density at radius 3 is 2.85 bits per heavy atom. The first-order valence-corrected chi connectivity index (χ1v) is 7.40. The fourth-order valence-corrected chi connectivity index (χ4v) is 2.44. The van der Waals surface area contributed by atoms with E-state index in [1.807, 2.05) is 31.2 Å². The monoisotopic (exact) mass is 310 g/mol. The van der Waals surface area contributed by atoms with Gasteiger partial charge in [-0.25, -0.2) is 0 Å². The van der Waals surface area contributed by atoms with Crippen LogP contribution >= 0.6 is 23.4 Å². The number of rotatable bonds is 6. The van der Waals surface area contributed by atoms with Crippen LogP contribution in [0.5, 0.6) is 6.01 Å². The Labute approximate surface area is 127 Å². The highest BCUT2D eigenvalue weighted by molar-refractivity contribution is 7.99. The number of halogens is 1. The van der Waals surface area contributed by atoms with Crippen LogP contribution in [0.15, 0.2) is 34.3 Å². The third kappa shape index (κ3) is 4.25. The number of hydrogen-bond donors (Lipinski definition) is 1. The molecule has 0 aliphatic rings. The van der Waals surface area contributed by atoms with Crippen LogP contribution < -0.4 is 10.1 Å². The van der Waals surface area contributed by atoms with E-state index in [2.05, 4.69) is 20.3 Å². The quantitative estimate of drug-likeness (QED) is 0.881. The molecule has 2 aromatic rings. The minimum Gasteiger partial charge on any atom is -0.463 e. The molecule has 0 atom stereocenters. The Kier molecular flexibility index (Phi) is 5.43. The van der Waals surface area contributed by atoms with Crippen LogP contribution in [-0.2, 0) is 0 Å². The first kappa shape index (κ1) is 14.9. The fraction of sp³-hybridized carbons (Fsp3) is 0.308. The molecule has 2 rings (SSSR count). The number of anilines is 1. The van der Waals surface area contributed by atoms with Gasteiger partial charge in [0.05, 0.1) is 6.61 Å². The van der Waals surface area contributed by atoms with Crippen molar-refractivity contribution in [3.8, 4) is 6.01 Å². The standard InChI is InChI=1S/C13H15ClN4OS/c1-3-7-19-12-16-11(15-2)17-13(18-12)20-10-6-4-5-9(14)8-10/h4-6,8H,3,7H2,1-2H3,(H,15,16,17,18). The Hall–Kier alpha value is -1.53. The van der Waals surface area contributed by atoms with Crippen LogP contribution in [0.1, 0.15) is 13.3 Å². The van der Waals surface area contributed by atoms with E-state index in [4.69, 9.17) is 16.3 Å². The number of aromatic nitrogens is 3. The summed E-state index contributed by atoms with van der Waals surface area (Å²) in [7, 11) is 1.76. The van der Waals surface area contributed by atoms with Gasteiger partial charge in [0.25, 0.3) is 0 Å². The molecule has 0 aliphatic heterocycles. The summed E-state index contributed by atoms with van der Waals surface area (Å²) in [5.41, 5.74) is 0. The summed E-state index contributed by atoms with van der Waals surface area (Å²) >= 11 is 7.38. The van der Waals surface area contributed by atoms with Gasteiger partial charge >= 0.3 is 6.01 Å². The van der Waals surface area contributed by atoms with E-state index in [-0.39, 0.29) is 0 Å². The molecular weight excluding hydrogens is 296 g/mol. The largest absolute Gasteiger partial charge is 0.463 e. The zero-order valence-corrected chi connectivity index (χ0v) is 12.8. The summed E-state index contributed by atoms with van der Waals surface area (Å²) in [6.07, 6.45) is 0.900. The number of benzene rings is 1. The first-order chi connectivity index (χ1) is 9.71. The average Bonchev–Trinajstić information content (AvgIpc) is 2.45. The molecule has 5 nitrogen and oxygen atoms in total. The van der Waals surface area contributed by atoms with Crippen molar-refractivity contribution in [1.82, 2.24) is 15.0 Å². The number of hydrogen-bond acceptors (Lipinski definition) is 6. The molecule has 7 heteroatoms. The van der Waals surface area contributed by atoms with Gasteiger partial charge in [-0.3, -0.25) is 0 Å². The zero-order chi connectivity index (χ0) is 14.4. The van der Waals surface area contributed by atoms with Crippen molar-refractivity contribution in [2.45, 2.75) is 23.4 Å². The van der Waals surface area contributed by atoms with Gasteiger partial charge in [0.15, 0.2) is 0 Å². The highest BCUT2D eigenvalue weighted by Gasteiger charge is 2.08. The maximum absolute atomic E-state index is 5.97. The van der Waals surface area contributed by atoms with E-state index in [1.165, 1.54) is 11.8 Å². The molecule has 0 unspecified atom stereocenters. The predicted molar refractivity (Wildman–Crippen MR) is 80.7 cm³/mol. The van der Waals surface area contributed by atoms with Crippen molar-refractivity contribution >= 4 is 29.3 Å². The molecule has 106 valence electrons. The molecule has 0 saturated carbocycles. The highest BCUT2D eigenvalue weighted by atomic mass is 35.5. The molecule has 20 heavy (non-hydrogen) atoms. The minimum absolute atomic E-state index is 0.329. The molecule has 0 bridgehead atoms. The lowest BCUT2D eigenvalue weighted by Crippen LogP contribution is -2.05. The lowest BCUT2D eigenvalue weighted by atomic mass is 10.4. The second kappa shape index (κ2) is 7.31. The Morgan fingerprint density at radius 1 is 1.30 bits per heavy atom. The summed E-state index contributed by atoms with van der Waals surface area (Å²) in [5.74, 6) is 0.482. The topological polar surface area (TPSA) is 59.9 Å². The molecule has 0 aliphatic carbocycles. The van der Waals surface area contributed by atoms with Gasteiger partial charge in [0, 0.05) is 17.0 Å². The van der Waals surface area contributed by atoms with Gasteiger partial charge in [0.1, 0.15) is 0 Å². The fourth-order valence-electron chi connectivity index (χ4n) is 1.39. The molecule has 0 radical (unpaired) electrons. The highest BCUT2D eigenvalue weighted by Crippen LogP contribution is 2.28. The SMILES string of the molecule is CCCOc1nc(NC)nc(Sc2cccc(Cl)c2)n1. The van der Waals surface area contributed by atoms with Crippen molar-refractivity contribution in [1.29, 1.82) is 0 Å². The van der Waals surface area contributed by atoms with Gasteiger partial charge in [-0.2, -0.15) is 15.0 Å². The maximum atomic E-state index is 5.97. The second-order valence-electron chi connectivity index (χ2n) is 3.88. The molecule has 1 N–H and O–H groups in total. The van der Waals surface area contributed by atoms with Crippen molar-refractivity contribution in [2.24, 2.45) is 0 Å². The summed E-state index contributed by atoms with van der Waals surface area (Å²) < 4.78 is 5.46. The Balaban J connectivity index is 2.21. The van der Waals surface area contributed by atoms with Crippen LogP contribution in [0.25, 0.3) is 0 Å². The third-order valence-electron chi connectivity index (χ3n) is 2.26. The van der Waals surface area contributed by atoms with Crippen molar-refractivity contribution in [3.63, 3.8) is 0 Å². The molecule has 0 amide bonds. The summed E-state index contributed by atoms with van der Waals surface area (Å²) in [6, 6.07) is 7.86. The molecule has 0 spiro atoms. The number of nitrogens with zero attached hydrogens (tertiary/aromatic N) is 3. The molecule has 1 heterocycles. The summed E-state index contributed by atoms with van der Waals surface area (Å²) in [4.78, 5) is 13.7. The Bertz CT molecular complexity index is 582. The first-order valence-electron chi connectivity index (χ1n) is 6.21. The smallest absolute Gasteiger partial charge is 0.322 e. The second-order valence-corrected chi connectivity index (χ2v) is 5.36. The maximum Gasteiger partial charge on any atom is 0.322 e. The van der Waals surface area contributed by atoms with Crippen molar-refractivity contribution in [3.05, 3.63) is 29.3 Å². The zero-order valence-electron chi connectivity index (χ0n) is 11.3. The van der Waals surface area contributed by atoms with E-state index in [0.29, 0.717) is 28.7 Å². The lowest BCUT2D eigenvalue weighted by molar-refractivity contribution is 0.288. The summed E-state index contributed by atoms with van der Waals surface area (Å²) in [6.45, 7) is 2.61. The van der Waals surface area contributed by atoms with Crippen molar-refractivity contribution < 1.29 is 4.74 Å². The van der Waals surface area contributed by atoms with Crippen LogP contribution in [0, 0.1) is 0 Å². The van der Waals surface area contributed by atoms with E-state index >= 15 is 0 Å². The number of ether oxygens (including phenoxy) is 1. The van der Waals surface area contributed by atoms with Crippen LogP contribution in [0.2, 0.25) is 5.02 Å². The minimum atomic E-state index is 0.329. The van der Waals surface area contributed by atoms with E-state index in [0.717, 1.165) is 11.3 Å². The molecule has 0 fully saturated rings.